The fraction of sp³-hybridized carbons (Fsp3) is 0.474. The molecule has 2 aliphatic rings. The second-order valence-electron chi connectivity index (χ2n) is 6.69. The molecule has 132 valence electrons. The van der Waals surface area contributed by atoms with Crippen molar-refractivity contribution in [3.63, 3.8) is 0 Å². The van der Waals surface area contributed by atoms with Crippen LogP contribution in [0.25, 0.3) is 0 Å². The monoisotopic (exact) mass is 357 g/mol. The lowest BCUT2D eigenvalue weighted by molar-refractivity contribution is -0.142. The van der Waals surface area contributed by atoms with E-state index in [-0.39, 0.29) is 18.1 Å². The number of ether oxygens (including phenoxy) is 1. The van der Waals surface area contributed by atoms with Crippen molar-refractivity contribution in [2.24, 2.45) is 0 Å². The Balaban J connectivity index is 1.42. The number of nitrogens with zero attached hydrogens (tertiary/aromatic N) is 3. The number of thiophene rings is 1. The lowest BCUT2D eigenvalue weighted by atomic mass is 9.97. The fourth-order valence-corrected chi connectivity index (χ4v) is 4.46. The number of amides is 1. The smallest absolute Gasteiger partial charge is 0.227 e. The molecular weight excluding hydrogens is 334 g/mol. The SMILES string of the molecule is O=C(Cc1cccs1)N1CC[C@@H]2OCCN(Cc3cccnc3)[C@H]2C1. The molecule has 0 aromatic carbocycles. The van der Waals surface area contributed by atoms with Crippen LogP contribution >= 0.6 is 11.3 Å². The van der Waals surface area contributed by atoms with Crippen LogP contribution in [0.1, 0.15) is 16.9 Å². The van der Waals surface area contributed by atoms with Gasteiger partial charge in [-0.3, -0.25) is 14.7 Å². The number of piperidine rings is 1. The Kier molecular flexibility index (Phi) is 5.10. The van der Waals surface area contributed by atoms with Gasteiger partial charge < -0.3 is 9.64 Å². The predicted molar refractivity (Wildman–Crippen MR) is 97.4 cm³/mol. The van der Waals surface area contributed by atoms with Crippen molar-refractivity contribution in [1.82, 2.24) is 14.8 Å². The summed E-state index contributed by atoms with van der Waals surface area (Å²) in [7, 11) is 0. The molecule has 4 rings (SSSR count). The molecule has 6 heteroatoms. The maximum Gasteiger partial charge on any atom is 0.227 e. The Morgan fingerprint density at radius 3 is 3.08 bits per heavy atom. The fourth-order valence-electron chi connectivity index (χ4n) is 3.77. The zero-order valence-electron chi connectivity index (χ0n) is 14.2. The molecule has 0 unspecified atom stereocenters. The summed E-state index contributed by atoms with van der Waals surface area (Å²) in [5.74, 6) is 0.229. The van der Waals surface area contributed by atoms with Crippen LogP contribution in [0.3, 0.4) is 0 Å². The average molecular weight is 357 g/mol. The van der Waals surface area contributed by atoms with Gasteiger partial charge in [-0.2, -0.15) is 0 Å². The molecule has 0 aliphatic carbocycles. The van der Waals surface area contributed by atoms with Crippen molar-refractivity contribution < 1.29 is 9.53 Å². The topological polar surface area (TPSA) is 45.7 Å². The van der Waals surface area contributed by atoms with Crippen molar-refractivity contribution in [3.05, 3.63) is 52.5 Å². The molecule has 0 radical (unpaired) electrons. The third kappa shape index (κ3) is 3.92. The second kappa shape index (κ2) is 7.64. The number of hydrogen-bond donors (Lipinski definition) is 0. The van der Waals surface area contributed by atoms with Crippen molar-refractivity contribution in [3.8, 4) is 0 Å². The molecule has 2 aromatic rings. The van der Waals surface area contributed by atoms with Gasteiger partial charge in [-0.05, 0) is 29.5 Å². The van der Waals surface area contributed by atoms with E-state index in [1.807, 2.05) is 34.7 Å². The van der Waals surface area contributed by atoms with Crippen LogP contribution < -0.4 is 0 Å². The van der Waals surface area contributed by atoms with E-state index in [1.54, 1.807) is 17.5 Å². The first-order chi connectivity index (χ1) is 12.3. The van der Waals surface area contributed by atoms with Gasteiger partial charge in [-0.15, -0.1) is 11.3 Å². The second-order valence-corrected chi connectivity index (χ2v) is 7.73. The molecule has 1 amide bonds. The Morgan fingerprint density at radius 2 is 2.28 bits per heavy atom. The lowest BCUT2D eigenvalue weighted by Crippen LogP contribution is -2.60. The van der Waals surface area contributed by atoms with Gasteiger partial charge in [0.05, 0.1) is 25.2 Å². The van der Waals surface area contributed by atoms with Crippen LogP contribution in [-0.2, 0) is 22.5 Å². The van der Waals surface area contributed by atoms with E-state index in [0.29, 0.717) is 6.42 Å². The Bertz CT molecular complexity index is 692. The molecule has 2 atom stereocenters. The van der Waals surface area contributed by atoms with Crippen LogP contribution in [0.2, 0.25) is 0 Å². The van der Waals surface area contributed by atoms with E-state index in [4.69, 9.17) is 4.74 Å². The quantitative estimate of drug-likeness (QED) is 0.841. The number of carbonyl (C=O) groups excluding carboxylic acids is 1. The van der Waals surface area contributed by atoms with Crippen molar-refractivity contribution >= 4 is 17.2 Å². The maximum atomic E-state index is 12.7. The predicted octanol–water partition coefficient (Wildman–Crippen LogP) is 2.19. The average Bonchev–Trinajstić information content (AvgIpc) is 3.15. The summed E-state index contributed by atoms with van der Waals surface area (Å²) in [5, 5.41) is 2.03. The zero-order chi connectivity index (χ0) is 17.1. The third-order valence-corrected chi connectivity index (χ3v) is 5.94. The van der Waals surface area contributed by atoms with E-state index in [1.165, 1.54) is 5.56 Å². The molecule has 2 aliphatic heterocycles. The molecule has 0 bridgehead atoms. The number of fused-ring (bicyclic) bond motifs is 1. The minimum Gasteiger partial charge on any atom is -0.375 e. The number of carbonyl (C=O) groups is 1. The summed E-state index contributed by atoms with van der Waals surface area (Å²) in [6, 6.07) is 8.40. The number of pyridine rings is 1. The van der Waals surface area contributed by atoms with Gasteiger partial charge in [-0.25, -0.2) is 0 Å². The maximum absolute atomic E-state index is 12.7. The normalized spacial score (nSPS) is 24.1. The summed E-state index contributed by atoms with van der Waals surface area (Å²) in [5.41, 5.74) is 1.21. The van der Waals surface area contributed by atoms with Gasteiger partial charge in [0, 0.05) is 43.4 Å². The van der Waals surface area contributed by atoms with Gasteiger partial charge in [0.2, 0.25) is 5.91 Å². The van der Waals surface area contributed by atoms with Gasteiger partial charge in [0.25, 0.3) is 0 Å². The van der Waals surface area contributed by atoms with E-state index in [2.05, 4.69) is 16.0 Å². The highest BCUT2D eigenvalue weighted by Crippen LogP contribution is 2.25. The van der Waals surface area contributed by atoms with Crippen LogP contribution in [-0.4, -0.2) is 59.1 Å². The Labute approximate surface area is 152 Å². The first-order valence-corrected chi connectivity index (χ1v) is 9.72. The zero-order valence-corrected chi connectivity index (χ0v) is 15.0. The van der Waals surface area contributed by atoms with Crippen LogP contribution in [0.15, 0.2) is 42.0 Å². The van der Waals surface area contributed by atoms with Crippen molar-refractivity contribution in [1.29, 1.82) is 0 Å². The molecule has 0 saturated carbocycles. The number of hydrogen-bond acceptors (Lipinski definition) is 5. The van der Waals surface area contributed by atoms with Crippen LogP contribution in [0, 0.1) is 0 Å². The van der Waals surface area contributed by atoms with Crippen molar-refractivity contribution in [2.75, 3.05) is 26.2 Å². The number of morpholine rings is 1. The summed E-state index contributed by atoms with van der Waals surface area (Å²) in [6.45, 7) is 4.10. The van der Waals surface area contributed by atoms with E-state index in [9.17, 15) is 4.79 Å². The summed E-state index contributed by atoms with van der Waals surface area (Å²) < 4.78 is 5.99. The van der Waals surface area contributed by atoms with Crippen LogP contribution in [0.5, 0.6) is 0 Å². The minimum absolute atomic E-state index is 0.229. The standard InChI is InChI=1S/C19H23N3O2S/c23-19(11-16-4-2-10-25-16)22-7-5-18-17(14-22)21(8-9-24-18)13-15-3-1-6-20-12-15/h1-4,6,10,12,17-18H,5,7-9,11,13-14H2/t17-,18-/m0/s1. The number of likely N-dealkylation sites (tertiary alicyclic amines) is 1. The number of aromatic nitrogens is 1. The first kappa shape index (κ1) is 16.7. The van der Waals surface area contributed by atoms with E-state index >= 15 is 0 Å². The molecular formula is C19H23N3O2S. The van der Waals surface area contributed by atoms with E-state index in [0.717, 1.165) is 44.1 Å². The molecule has 2 saturated heterocycles. The highest BCUT2D eigenvalue weighted by atomic mass is 32.1. The highest BCUT2D eigenvalue weighted by molar-refractivity contribution is 7.10. The lowest BCUT2D eigenvalue weighted by Gasteiger charge is -2.47. The molecule has 5 nitrogen and oxygen atoms in total. The third-order valence-electron chi connectivity index (χ3n) is 5.07. The van der Waals surface area contributed by atoms with Gasteiger partial charge in [0.15, 0.2) is 0 Å². The molecule has 25 heavy (non-hydrogen) atoms. The summed E-state index contributed by atoms with van der Waals surface area (Å²) in [6.07, 6.45) is 5.39. The van der Waals surface area contributed by atoms with Crippen LogP contribution in [0.4, 0.5) is 0 Å². The summed E-state index contributed by atoms with van der Waals surface area (Å²) in [4.78, 5) is 22.5. The molecule has 4 heterocycles. The Morgan fingerprint density at radius 1 is 1.32 bits per heavy atom. The first-order valence-electron chi connectivity index (χ1n) is 8.84. The molecule has 2 fully saturated rings. The summed E-state index contributed by atoms with van der Waals surface area (Å²) >= 11 is 1.65. The molecule has 2 aromatic heterocycles. The Hall–Kier alpha value is -1.76. The number of rotatable bonds is 4. The minimum atomic E-state index is 0.229. The molecule has 0 spiro atoms. The molecule has 0 N–H and O–H groups in total. The highest BCUT2D eigenvalue weighted by Gasteiger charge is 2.38. The van der Waals surface area contributed by atoms with Gasteiger partial charge in [-0.1, -0.05) is 12.1 Å². The van der Waals surface area contributed by atoms with Gasteiger partial charge >= 0.3 is 0 Å². The van der Waals surface area contributed by atoms with E-state index < -0.39 is 0 Å². The largest absolute Gasteiger partial charge is 0.375 e. The van der Waals surface area contributed by atoms with Gasteiger partial charge in [0.1, 0.15) is 0 Å². The van der Waals surface area contributed by atoms with Crippen molar-refractivity contribution in [2.45, 2.75) is 31.5 Å².